The van der Waals surface area contributed by atoms with Crippen molar-refractivity contribution in [3.05, 3.63) is 12.3 Å². The van der Waals surface area contributed by atoms with Gasteiger partial charge in [-0.15, -0.1) is 0 Å². The van der Waals surface area contributed by atoms with Gasteiger partial charge in [0.05, 0.1) is 31.9 Å². The third-order valence-corrected chi connectivity index (χ3v) is 6.94. The highest BCUT2D eigenvalue weighted by Gasteiger charge is 2.28. The zero-order valence-electron chi connectivity index (χ0n) is 22.3. The van der Waals surface area contributed by atoms with E-state index < -0.39 is 0 Å². The number of guanidine groups is 1. The summed E-state index contributed by atoms with van der Waals surface area (Å²) in [6, 6.07) is 0.248. The summed E-state index contributed by atoms with van der Waals surface area (Å²) in [6.45, 7) is 7.34. The van der Waals surface area contributed by atoms with Gasteiger partial charge in [-0.05, 0) is 51.9 Å². The third kappa shape index (κ3) is 11.2. The number of aliphatic imine (C=N–C) groups is 2. The van der Waals surface area contributed by atoms with E-state index in [2.05, 4.69) is 37.5 Å². The molecule has 0 radical (unpaired) electrons. The van der Waals surface area contributed by atoms with Crippen LogP contribution in [0.25, 0.3) is 0 Å². The second kappa shape index (κ2) is 17.1. The number of carbonyl (C=O) groups is 1. The van der Waals surface area contributed by atoms with Crippen LogP contribution in [0, 0.1) is 11.5 Å². The molecule has 0 aromatic rings. The maximum absolute atomic E-state index is 13.1. The quantitative estimate of drug-likeness (QED) is 0.0946. The summed E-state index contributed by atoms with van der Waals surface area (Å²) in [7, 11) is 2.13. The SMILES string of the molecule is CN1CCC(N(OCCN2CCOCC2)C(=O)CCCCCCN=C(NC#N)NC2C=CN=CC2)CC1.[HH].[HH]. The lowest BCUT2D eigenvalue weighted by atomic mass is 10.0. The largest absolute Gasteiger partial charge is 0.379 e. The van der Waals surface area contributed by atoms with E-state index in [0.717, 1.165) is 90.9 Å². The molecule has 37 heavy (non-hydrogen) atoms. The molecule has 0 spiro atoms. The van der Waals surface area contributed by atoms with Crippen molar-refractivity contribution in [3.8, 4) is 6.19 Å². The van der Waals surface area contributed by atoms with E-state index >= 15 is 0 Å². The van der Waals surface area contributed by atoms with Gasteiger partial charge in [-0.1, -0.05) is 12.8 Å². The molecular formula is C26H48N8O3. The van der Waals surface area contributed by atoms with Gasteiger partial charge >= 0.3 is 0 Å². The third-order valence-electron chi connectivity index (χ3n) is 6.94. The van der Waals surface area contributed by atoms with Crippen molar-refractivity contribution >= 4 is 18.1 Å². The van der Waals surface area contributed by atoms with Crippen LogP contribution in [0.4, 0.5) is 0 Å². The molecule has 3 aliphatic heterocycles. The Balaban J connectivity index is 0.00000380. The van der Waals surface area contributed by atoms with Gasteiger partial charge < -0.3 is 15.0 Å². The minimum atomic E-state index is 0. The number of piperidine rings is 1. The number of nitrogens with one attached hydrogen (secondary N) is 2. The van der Waals surface area contributed by atoms with E-state index in [0.29, 0.717) is 25.5 Å². The maximum Gasteiger partial charge on any atom is 0.246 e. The van der Waals surface area contributed by atoms with E-state index in [-0.39, 0.29) is 20.8 Å². The van der Waals surface area contributed by atoms with E-state index in [1.54, 1.807) is 11.3 Å². The van der Waals surface area contributed by atoms with Crippen LogP contribution in [0.5, 0.6) is 0 Å². The molecule has 2 fully saturated rings. The molecule has 1 atom stereocenters. The van der Waals surface area contributed by atoms with Crippen LogP contribution < -0.4 is 10.6 Å². The van der Waals surface area contributed by atoms with E-state index in [9.17, 15) is 4.79 Å². The van der Waals surface area contributed by atoms with Gasteiger partial charge in [0.15, 0.2) is 6.19 Å². The Hall–Kier alpha value is -2.52. The van der Waals surface area contributed by atoms with Crippen LogP contribution in [-0.2, 0) is 14.4 Å². The predicted molar refractivity (Wildman–Crippen MR) is 148 cm³/mol. The van der Waals surface area contributed by atoms with Crippen molar-refractivity contribution in [2.45, 2.75) is 63.5 Å². The molecule has 11 heteroatoms. The number of ether oxygens (including phenoxy) is 1. The molecule has 0 bridgehead atoms. The topological polar surface area (TPSA) is 118 Å². The van der Waals surface area contributed by atoms with Crippen LogP contribution in [0.3, 0.4) is 0 Å². The van der Waals surface area contributed by atoms with Crippen molar-refractivity contribution < 1.29 is 17.2 Å². The van der Waals surface area contributed by atoms with Gasteiger partial charge in [0.2, 0.25) is 11.9 Å². The van der Waals surface area contributed by atoms with Crippen LogP contribution in [-0.4, -0.2) is 111 Å². The second-order valence-electron chi connectivity index (χ2n) is 9.83. The fourth-order valence-electron chi connectivity index (χ4n) is 4.67. The summed E-state index contributed by atoms with van der Waals surface area (Å²) in [5.74, 6) is 0.592. The Morgan fingerprint density at radius 2 is 2.03 bits per heavy atom. The van der Waals surface area contributed by atoms with Gasteiger partial charge in [0.1, 0.15) is 0 Å². The second-order valence-corrected chi connectivity index (χ2v) is 9.83. The minimum Gasteiger partial charge on any atom is -0.379 e. The number of unbranched alkanes of at least 4 members (excludes halogenated alkanes) is 3. The number of nitrogens with zero attached hydrogens (tertiary/aromatic N) is 6. The average Bonchev–Trinajstić information content (AvgIpc) is 2.92. The lowest BCUT2D eigenvalue weighted by Gasteiger charge is -2.37. The van der Waals surface area contributed by atoms with Crippen molar-refractivity contribution in [2.75, 3.05) is 66.1 Å². The first-order valence-corrected chi connectivity index (χ1v) is 13.7. The van der Waals surface area contributed by atoms with Crippen molar-refractivity contribution in [1.29, 1.82) is 5.26 Å². The highest BCUT2D eigenvalue weighted by molar-refractivity contribution is 5.82. The van der Waals surface area contributed by atoms with E-state index in [1.807, 2.05) is 18.5 Å². The first-order valence-electron chi connectivity index (χ1n) is 13.7. The number of morpholine rings is 1. The van der Waals surface area contributed by atoms with Crippen LogP contribution in [0.2, 0.25) is 0 Å². The number of hydrogen-bond donors (Lipinski definition) is 2. The molecule has 0 aromatic heterocycles. The molecule has 2 N–H and O–H groups in total. The Morgan fingerprint density at radius 1 is 1.24 bits per heavy atom. The van der Waals surface area contributed by atoms with Crippen LogP contribution in [0.15, 0.2) is 22.3 Å². The summed E-state index contributed by atoms with van der Waals surface area (Å²) in [6.07, 6.45) is 14.3. The Bertz CT molecular complexity index is 810. The zero-order chi connectivity index (χ0) is 26.1. The van der Waals surface area contributed by atoms with Crippen molar-refractivity contribution in [1.82, 2.24) is 25.5 Å². The minimum absolute atomic E-state index is 0. The van der Waals surface area contributed by atoms with Gasteiger partial charge in [-0.25, -0.2) is 5.06 Å². The molecule has 1 amide bonds. The molecule has 0 saturated carbocycles. The first kappa shape index (κ1) is 29.0. The number of hydrogen-bond acceptors (Lipinski definition) is 8. The van der Waals surface area contributed by atoms with Gasteiger partial charge in [-0.2, -0.15) is 5.26 Å². The molecular weight excluding hydrogens is 472 g/mol. The summed E-state index contributed by atoms with van der Waals surface area (Å²) >= 11 is 0. The molecule has 3 heterocycles. The zero-order valence-corrected chi connectivity index (χ0v) is 22.3. The highest BCUT2D eigenvalue weighted by atomic mass is 16.7. The summed E-state index contributed by atoms with van der Waals surface area (Å²) in [4.78, 5) is 32.4. The fraction of sp³-hybridized carbons (Fsp3) is 0.769. The number of carbonyl (C=O) groups excluding carboxylic acids is 1. The number of rotatable bonds is 13. The predicted octanol–water partition coefficient (Wildman–Crippen LogP) is 1.99. The monoisotopic (exact) mass is 520 g/mol. The molecule has 0 aliphatic carbocycles. The first-order chi connectivity index (χ1) is 18.2. The fourth-order valence-corrected chi connectivity index (χ4v) is 4.67. The smallest absolute Gasteiger partial charge is 0.246 e. The number of likely N-dealkylation sites (tertiary alicyclic amines) is 1. The lowest BCUT2D eigenvalue weighted by molar-refractivity contribution is -0.206. The van der Waals surface area contributed by atoms with Crippen molar-refractivity contribution in [2.24, 2.45) is 9.98 Å². The average molecular weight is 521 g/mol. The number of hydroxylamine groups is 2. The van der Waals surface area contributed by atoms with Gasteiger partial charge in [-0.3, -0.25) is 29.8 Å². The Morgan fingerprint density at radius 3 is 2.76 bits per heavy atom. The molecule has 0 aromatic carbocycles. The molecule has 3 aliphatic rings. The standard InChI is InChI=1S/C26H44N8O3.2H2/c1-32-14-9-24(10-15-32)34(37-21-18-33-16-19-36-20-17-33)25(35)6-4-2-3-5-11-29-26(30-22-27)31-23-7-12-28-13-8-23;;/h7,12-13,23-24H,2-6,8-11,14-21H2,1H3,(H2,29,30,31);2*1H. The number of amides is 1. The Labute approximate surface area is 224 Å². The van der Waals surface area contributed by atoms with Crippen LogP contribution in [0.1, 0.15) is 54.2 Å². The molecule has 210 valence electrons. The van der Waals surface area contributed by atoms with Gasteiger partial charge in [0.25, 0.3) is 0 Å². The summed E-state index contributed by atoms with van der Waals surface area (Å²) < 4.78 is 5.42. The molecule has 1 unspecified atom stereocenters. The maximum atomic E-state index is 13.1. The van der Waals surface area contributed by atoms with E-state index in [1.165, 1.54) is 0 Å². The lowest BCUT2D eigenvalue weighted by Crippen LogP contribution is -2.47. The molecule has 2 saturated heterocycles. The van der Waals surface area contributed by atoms with E-state index in [4.69, 9.17) is 14.8 Å². The highest BCUT2D eigenvalue weighted by Crippen LogP contribution is 2.18. The molecule has 3 rings (SSSR count). The van der Waals surface area contributed by atoms with Crippen LogP contribution >= 0.6 is 0 Å². The summed E-state index contributed by atoms with van der Waals surface area (Å²) in [5.41, 5.74) is 0. The number of nitriles is 1. The van der Waals surface area contributed by atoms with Gasteiger partial charge in [0, 0.05) is 54.3 Å². The molecule has 11 nitrogen and oxygen atoms in total. The summed E-state index contributed by atoms with van der Waals surface area (Å²) in [5, 5.41) is 16.5. The van der Waals surface area contributed by atoms with Crippen molar-refractivity contribution in [3.63, 3.8) is 0 Å². The normalized spacial score (nSPS) is 21.5. The Kier molecular flexibility index (Phi) is 13.4.